The summed E-state index contributed by atoms with van der Waals surface area (Å²) in [4.78, 5) is 4.67. The van der Waals surface area contributed by atoms with Crippen molar-refractivity contribution in [1.82, 2.24) is 0 Å². The summed E-state index contributed by atoms with van der Waals surface area (Å²) in [5.41, 5.74) is 1.14. The average Bonchev–Trinajstić information content (AvgIpc) is 2.18. The fraction of sp³-hybridized carbons (Fsp3) is 0.300. The number of oxime groups is 1. The molecular formula is C10H12ClNO3S. The molecule has 1 aromatic carbocycles. The van der Waals surface area contributed by atoms with E-state index in [1.165, 1.54) is 19.4 Å². The van der Waals surface area contributed by atoms with Crippen LogP contribution >= 0.6 is 11.6 Å². The second-order valence-corrected chi connectivity index (χ2v) is 5.66. The lowest BCUT2D eigenvalue weighted by atomic mass is 10.1. The molecule has 0 bridgehead atoms. The van der Waals surface area contributed by atoms with Gasteiger partial charge in [0, 0.05) is 11.8 Å². The number of aryl methyl sites for hydroxylation is 1. The van der Waals surface area contributed by atoms with Gasteiger partial charge in [-0.15, -0.1) is 0 Å². The Morgan fingerprint density at radius 3 is 2.56 bits per heavy atom. The van der Waals surface area contributed by atoms with Crippen molar-refractivity contribution in [3.05, 3.63) is 28.3 Å². The van der Waals surface area contributed by atoms with Gasteiger partial charge >= 0.3 is 0 Å². The van der Waals surface area contributed by atoms with Gasteiger partial charge in [0.05, 0.1) is 16.1 Å². The molecule has 0 aromatic heterocycles. The highest BCUT2D eigenvalue weighted by atomic mass is 35.5. The highest BCUT2D eigenvalue weighted by Crippen LogP contribution is 2.25. The van der Waals surface area contributed by atoms with Crippen LogP contribution in [0.2, 0.25) is 5.02 Å². The minimum absolute atomic E-state index is 0.143. The fourth-order valence-electron chi connectivity index (χ4n) is 1.23. The molecule has 4 nitrogen and oxygen atoms in total. The number of hydrogen-bond donors (Lipinski definition) is 0. The molecule has 0 aliphatic rings. The van der Waals surface area contributed by atoms with Gasteiger partial charge in [-0.1, -0.05) is 22.8 Å². The second kappa shape index (κ2) is 4.84. The van der Waals surface area contributed by atoms with Gasteiger partial charge in [0.1, 0.15) is 7.11 Å². The first kappa shape index (κ1) is 13.0. The Balaban J connectivity index is 3.51. The Morgan fingerprint density at radius 2 is 2.06 bits per heavy atom. The zero-order chi connectivity index (χ0) is 12.3. The predicted octanol–water partition coefficient (Wildman–Crippen LogP) is 2.03. The molecule has 16 heavy (non-hydrogen) atoms. The molecule has 0 aliphatic carbocycles. The lowest BCUT2D eigenvalue weighted by Crippen LogP contribution is -2.03. The van der Waals surface area contributed by atoms with Crippen LogP contribution in [0, 0.1) is 6.92 Å². The van der Waals surface area contributed by atoms with E-state index in [1.54, 1.807) is 13.0 Å². The first-order valence-corrected chi connectivity index (χ1v) is 6.70. The third-order valence-corrected chi connectivity index (χ3v) is 3.68. The van der Waals surface area contributed by atoms with Crippen molar-refractivity contribution in [2.24, 2.45) is 5.16 Å². The second-order valence-electron chi connectivity index (χ2n) is 3.30. The van der Waals surface area contributed by atoms with E-state index in [1.807, 2.05) is 0 Å². The van der Waals surface area contributed by atoms with Gasteiger partial charge in [-0.3, -0.25) is 0 Å². The summed E-state index contributed by atoms with van der Waals surface area (Å²) in [5.74, 6) is 0. The SMILES string of the molecule is CO/N=C/c1c(S(C)(=O)=O)ccc(C)c1Cl. The number of hydrogen-bond acceptors (Lipinski definition) is 4. The molecule has 88 valence electrons. The summed E-state index contributed by atoms with van der Waals surface area (Å²) in [6.45, 7) is 1.79. The Morgan fingerprint density at radius 1 is 1.44 bits per heavy atom. The van der Waals surface area contributed by atoms with Crippen LogP contribution in [0.4, 0.5) is 0 Å². The van der Waals surface area contributed by atoms with Crippen molar-refractivity contribution in [1.29, 1.82) is 0 Å². The summed E-state index contributed by atoms with van der Waals surface area (Å²) in [6, 6.07) is 3.16. The zero-order valence-electron chi connectivity index (χ0n) is 9.19. The standard InChI is InChI=1S/C10H12ClNO3S/c1-7-4-5-9(16(3,13)14)8(10(7)11)6-12-15-2/h4-6H,1-3H3/b12-6+. The van der Waals surface area contributed by atoms with Gasteiger partial charge in [0.2, 0.25) is 0 Å². The first-order valence-electron chi connectivity index (χ1n) is 4.43. The minimum atomic E-state index is -3.33. The van der Waals surface area contributed by atoms with Crippen LogP contribution < -0.4 is 0 Å². The zero-order valence-corrected chi connectivity index (χ0v) is 10.8. The summed E-state index contributed by atoms with van der Waals surface area (Å²) < 4.78 is 23.0. The number of sulfone groups is 1. The van der Waals surface area contributed by atoms with E-state index in [0.29, 0.717) is 10.6 Å². The van der Waals surface area contributed by atoms with Crippen molar-refractivity contribution >= 4 is 27.7 Å². The van der Waals surface area contributed by atoms with Crippen LogP contribution in [0.1, 0.15) is 11.1 Å². The van der Waals surface area contributed by atoms with Crippen molar-refractivity contribution in [2.45, 2.75) is 11.8 Å². The third kappa shape index (κ3) is 2.74. The van der Waals surface area contributed by atoms with Gasteiger partial charge in [0.25, 0.3) is 0 Å². The lowest BCUT2D eigenvalue weighted by Gasteiger charge is -2.07. The molecular weight excluding hydrogens is 250 g/mol. The van der Waals surface area contributed by atoms with E-state index in [0.717, 1.165) is 11.8 Å². The summed E-state index contributed by atoms with van der Waals surface area (Å²) in [6.07, 6.45) is 2.42. The molecule has 0 atom stereocenters. The maximum Gasteiger partial charge on any atom is 0.176 e. The third-order valence-electron chi connectivity index (χ3n) is 2.02. The molecule has 0 aliphatic heterocycles. The van der Waals surface area contributed by atoms with Gasteiger partial charge in [-0.2, -0.15) is 0 Å². The number of nitrogens with zero attached hydrogens (tertiary/aromatic N) is 1. The van der Waals surface area contributed by atoms with Gasteiger partial charge in [-0.05, 0) is 18.6 Å². The Bertz CT molecular complexity index is 523. The van der Waals surface area contributed by atoms with Crippen LogP contribution in [0.5, 0.6) is 0 Å². The molecule has 0 radical (unpaired) electrons. The van der Waals surface area contributed by atoms with Crippen molar-refractivity contribution in [2.75, 3.05) is 13.4 Å². The predicted molar refractivity (Wildman–Crippen MR) is 63.9 cm³/mol. The van der Waals surface area contributed by atoms with Gasteiger partial charge < -0.3 is 4.84 Å². The molecule has 0 amide bonds. The molecule has 0 fully saturated rings. The van der Waals surface area contributed by atoms with E-state index in [9.17, 15) is 8.42 Å². The van der Waals surface area contributed by atoms with E-state index >= 15 is 0 Å². The van der Waals surface area contributed by atoms with E-state index < -0.39 is 9.84 Å². The fourth-order valence-corrected chi connectivity index (χ4v) is 2.37. The monoisotopic (exact) mass is 261 g/mol. The summed E-state index contributed by atoms with van der Waals surface area (Å²) >= 11 is 6.03. The maximum absolute atomic E-state index is 11.5. The van der Waals surface area contributed by atoms with E-state index in [4.69, 9.17) is 11.6 Å². The van der Waals surface area contributed by atoms with Crippen LogP contribution in [-0.2, 0) is 14.7 Å². The summed E-state index contributed by atoms with van der Waals surface area (Å²) in [7, 11) is -1.96. The van der Waals surface area contributed by atoms with Gasteiger partial charge in [-0.25, -0.2) is 8.42 Å². The number of rotatable bonds is 3. The quantitative estimate of drug-likeness (QED) is 0.618. The molecule has 0 N–H and O–H groups in total. The highest BCUT2D eigenvalue weighted by molar-refractivity contribution is 7.90. The summed E-state index contributed by atoms with van der Waals surface area (Å²) in [5, 5.41) is 3.91. The Hall–Kier alpha value is -1.07. The van der Waals surface area contributed by atoms with Gasteiger partial charge in [0.15, 0.2) is 9.84 Å². The average molecular weight is 262 g/mol. The van der Waals surface area contributed by atoms with Crippen LogP contribution in [0.25, 0.3) is 0 Å². The van der Waals surface area contributed by atoms with Crippen LogP contribution in [0.3, 0.4) is 0 Å². The molecule has 1 rings (SSSR count). The largest absolute Gasteiger partial charge is 0.399 e. The molecule has 0 unspecified atom stereocenters. The minimum Gasteiger partial charge on any atom is -0.399 e. The molecule has 0 spiro atoms. The highest BCUT2D eigenvalue weighted by Gasteiger charge is 2.16. The topological polar surface area (TPSA) is 55.7 Å². The molecule has 6 heteroatoms. The molecule has 0 heterocycles. The lowest BCUT2D eigenvalue weighted by molar-refractivity contribution is 0.215. The van der Waals surface area contributed by atoms with E-state index in [-0.39, 0.29) is 4.90 Å². The number of benzene rings is 1. The van der Waals surface area contributed by atoms with E-state index in [2.05, 4.69) is 9.99 Å². The smallest absolute Gasteiger partial charge is 0.176 e. The first-order chi connectivity index (χ1) is 7.38. The van der Waals surface area contributed by atoms with Crippen molar-refractivity contribution < 1.29 is 13.3 Å². The number of halogens is 1. The molecule has 1 aromatic rings. The Labute approximate surface area is 99.8 Å². The van der Waals surface area contributed by atoms with Crippen molar-refractivity contribution in [3.63, 3.8) is 0 Å². The molecule has 0 saturated heterocycles. The maximum atomic E-state index is 11.5. The van der Waals surface area contributed by atoms with Crippen molar-refractivity contribution in [3.8, 4) is 0 Å². The normalized spacial score (nSPS) is 12.0. The van der Waals surface area contributed by atoms with Crippen LogP contribution in [-0.4, -0.2) is 28.0 Å². The Kier molecular flexibility index (Phi) is 3.93. The molecule has 0 saturated carbocycles. The van der Waals surface area contributed by atoms with Crippen LogP contribution in [0.15, 0.2) is 22.2 Å².